The molecule has 0 atom stereocenters. The number of rotatable bonds is 3. The number of anilines is 1. The predicted molar refractivity (Wildman–Crippen MR) is 54.2 cm³/mol. The molecule has 80 valence electrons. The van der Waals surface area contributed by atoms with Crippen LogP contribution in [0.5, 0.6) is 0 Å². The van der Waals surface area contributed by atoms with Gasteiger partial charge in [-0.05, 0) is 0 Å². The van der Waals surface area contributed by atoms with Crippen LogP contribution in [0.4, 0.5) is 18.2 Å². The van der Waals surface area contributed by atoms with E-state index in [0.717, 1.165) is 0 Å². The maximum atomic E-state index is 12.2. The Balaban J connectivity index is 2.78. The van der Waals surface area contributed by atoms with E-state index in [9.17, 15) is 13.2 Å². The van der Waals surface area contributed by atoms with Gasteiger partial charge in [-0.25, -0.2) is 4.98 Å². The third-order valence-corrected chi connectivity index (χ3v) is 2.90. The zero-order chi connectivity index (χ0) is 10.8. The van der Waals surface area contributed by atoms with Crippen molar-refractivity contribution in [3.63, 3.8) is 0 Å². The number of aromatic nitrogens is 1. The summed E-state index contributed by atoms with van der Waals surface area (Å²) in [7, 11) is 1.71. The van der Waals surface area contributed by atoms with Gasteiger partial charge >= 0.3 is 6.18 Å². The van der Waals surface area contributed by atoms with Crippen LogP contribution in [0.1, 0.15) is 5.01 Å². The van der Waals surface area contributed by atoms with E-state index in [1.165, 1.54) is 6.20 Å². The highest BCUT2D eigenvalue weighted by atomic mass is 32.1. The second-order valence-corrected chi connectivity index (χ2v) is 4.10. The maximum absolute atomic E-state index is 12.2. The van der Waals surface area contributed by atoms with Crippen LogP contribution in [0.25, 0.3) is 0 Å². The minimum atomic E-state index is -4.34. The largest absolute Gasteiger partial charge is 0.443 e. The van der Waals surface area contributed by atoms with Crippen molar-refractivity contribution in [3.05, 3.63) is 11.2 Å². The highest BCUT2D eigenvalue weighted by Crippen LogP contribution is 2.35. The Labute approximate surface area is 89.2 Å². The summed E-state index contributed by atoms with van der Waals surface area (Å²) in [5, 5.41) is -0.301. The Bertz CT molecular complexity index is 297. The summed E-state index contributed by atoms with van der Waals surface area (Å²) in [5.74, 6) is 0.593. The van der Waals surface area contributed by atoms with Crippen LogP contribution in [0, 0.1) is 0 Å². The van der Waals surface area contributed by atoms with E-state index in [2.05, 4.69) is 17.6 Å². The fourth-order valence-electron chi connectivity index (χ4n) is 0.833. The van der Waals surface area contributed by atoms with Gasteiger partial charge in [0, 0.05) is 19.3 Å². The van der Waals surface area contributed by atoms with E-state index >= 15 is 0 Å². The molecule has 0 unspecified atom stereocenters. The number of nitrogens with zero attached hydrogens (tertiary/aromatic N) is 2. The molecule has 0 bridgehead atoms. The summed E-state index contributed by atoms with van der Waals surface area (Å²) in [6.45, 7) is 0.600. The molecule has 0 saturated heterocycles. The zero-order valence-electron chi connectivity index (χ0n) is 7.38. The number of halogens is 3. The molecule has 1 aromatic heterocycles. The molecule has 0 aliphatic heterocycles. The monoisotopic (exact) mass is 242 g/mol. The van der Waals surface area contributed by atoms with Crippen LogP contribution in [0.15, 0.2) is 6.20 Å². The summed E-state index contributed by atoms with van der Waals surface area (Å²) in [4.78, 5) is 5.01. The summed E-state index contributed by atoms with van der Waals surface area (Å²) >= 11 is 4.64. The molecule has 0 spiro atoms. The summed E-state index contributed by atoms with van der Waals surface area (Å²) in [5.41, 5.74) is 0. The van der Waals surface area contributed by atoms with Crippen molar-refractivity contribution in [3.8, 4) is 0 Å². The van der Waals surface area contributed by atoms with Gasteiger partial charge in [-0.3, -0.25) is 0 Å². The van der Waals surface area contributed by atoms with Gasteiger partial charge in [0.15, 0.2) is 5.01 Å². The fraction of sp³-hybridized carbons (Fsp3) is 0.571. The fourth-order valence-corrected chi connectivity index (χ4v) is 1.91. The van der Waals surface area contributed by atoms with Gasteiger partial charge in [0.1, 0.15) is 5.00 Å². The van der Waals surface area contributed by atoms with E-state index in [0.29, 0.717) is 28.6 Å². The number of hydrogen-bond acceptors (Lipinski definition) is 4. The van der Waals surface area contributed by atoms with Gasteiger partial charge < -0.3 is 4.90 Å². The molecule has 0 aromatic carbocycles. The second-order valence-electron chi connectivity index (χ2n) is 2.65. The predicted octanol–water partition coefficient (Wildman–Crippen LogP) is 2.53. The average molecular weight is 242 g/mol. The molecule has 0 N–H and O–H groups in total. The van der Waals surface area contributed by atoms with Gasteiger partial charge in [-0.2, -0.15) is 25.8 Å². The van der Waals surface area contributed by atoms with Crippen LogP contribution < -0.4 is 4.90 Å². The van der Waals surface area contributed by atoms with E-state index in [-0.39, 0.29) is 0 Å². The first-order valence-corrected chi connectivity index (χ1v) is 5.25. The van der Waals surface area contributed by atoms with Gasteiger partial charge in [0.25, 0.3) is 0 Å². The second kappa shape index (κ2) is 4.39. The molecular formula is C7H9F3N2S2. The lowest BCUT2D eigenvalue weighted by atomic mass is 10.6. The number of thiol groups is 1. The Morgan fingerprint density at radius 1 is 1.57 bits per heavy atom. The Kier molecular flexibility index (Phi) is 3.65. The molecule has 0 aliphatic carbocycles. The lowest BCUT2D eigenvalue weighted by Crippen LogP contribution is -2.18. The summed E-state index contributed by atoms with van der Waals surface area (Å²) < 4.78 is 36.5. The first kappa shape index (κ1) is 11.6. The number of thiazole rings is 1. The Morgan fingerprint density at radius 2 is 2.21 bits per heavy atom. The van der Waals surface area contributed by atoms with Crippen molar-refractivity contribution in [1.29, 1.82) is 0 Å². The molecule has 0 radical (unpaired) electrons. The molecule has 2 nitrogen and oxygen atoms in total. The Morgan fingerprint density at radius 3 is 2.64 bits per heavy atom. The van der Waals surface area contributed by atoms with Crippen molar-refractivity contribution >= 4 is 29.0 Å². The van der Waals surface area contributed by atoms with E-state index in [1.807, 2.05) is 0 Å². The van der Waals surface area contributed by atoms with Gasteiger partial charge in [-0.1, -0.05) is 11.3 Å². The lowest BCUT2D eigenvalue weighted by molar-refractivity contribution is -0.137. The average Bonchev–Trinajstić information content (AvgIpc) is 2.51. The molecule has 7 heteroatoms. The van der Waals surface area contributed by atoms with E-state index < -0.39 is 11.2 Å². The van der Waals surface area contributed by atoms with Crippen molar-refractivity contribution in [2.24, 2.45) is 0 Å². The van der Waals surface area contributed by atoms with Crippen LogP contribution in [-0.4, -0.2) is 24.3 Å². The topological polar surface area (TPSA) is 16.1 Å². The number of alkyl halides is 3. The third kappa shape index (κ3) is 2.78. The van der Waals surface area contributed by atoms with Gasteiger partial charge in [-0.15, -0.1) is 0 Å². The van der Waals surface area contributed by atoms with E-state index in [1.54, 1.807) is 11.9 Å². The maximum Gasteiger partial charge on any atom is 0.443 e. The molecule has 1 heterocycles. The summed E-state index contributed by atoms with van der Waals surface area (Å²) in [6.07, 6.45) is -3.11. The van der Waals surface area contributed by atoms with Crippen molar-refractivity contribution in [1.82, 2.24) is 4.98 Å². The van der Waals surface area contributed by atoms with Crippen LogP contribution in [-0.2, 0) is 6.18 Å². The molecule has 0 saturated carbocycles. The number of hydrogen-bond donors (Lipinski definition) is 1. The minimum Gasteiger partial charge on any atom is -0.364 e. The molecule has 0 amide bonds. The molecule has 0 aliphatic rings. The van der Waals surface area contributed by atoms with Crippen molar-refractivity contribution < 1.29 is 13.2 Å². The Hall–Kier alpha value is -0.430. The van der Waals surface area contributed by atoms with Gasteiger partial charge in [0.2, 0.25) is 0 Å². The van der Waals surface area contributed by atoms with E-state index in [4.69, 9.17) is 0 Å². The molecule has 0 fully saturated rings. The van der Waals surface area contributed by atoms with Crippen molar-refractivity contribution in [2.75, 3.05) is 24.2 Å². The zero-order valence-corrected chi connectivity index (χ0v) is 9.09. The van der Waals surface area contributed by atoms with Crippen molar-refractivity contribution in [2.45, 2.75) is 6.18 Å². The third-order valence-electron chi connectivity index (χ3n) is 1.55. The molecule has 14 heavy (non-hydrogen) atoms. The first-order chi connectivity index (χ1) is 6.45. The smallest absolute Gasteiger partial charge is 0.364 e. The van der Waals surface area contributed by atoms with Crippen LogP contribution in [0.2, 0.25) is 0 Å². The SMILES string of the molecule is CN(CCS)c1cnc(C(F)(F)F)s1. The van der Waals surface area contributed by atoms with Gasteiger partial charge in [0.05, 0.1) is 6.20 Å². The highest BCUT2D eigenvalue weighted by molar-refractivity contribution is 7.80. The first-order valence-electron chi connectivity index (χ1n) is 3.80. The molecular weight excluding hydrogens is 233 g/mol. The molecule has 1 rings (SSSR count). The normalized spacial score (nSPS) is 11.8. The molecule has 1 aromatic rings. The van der Waals surface area contributed by atoms with Crippen LogP contribution >= 0.6 is 24.0 Å². The van der Waals surface area contributed by atoms with Crippen LogP contribution in [0.3, 0.4) is 0 Å². The minimum absolute atomic E-state index is 0.506. The lowest BCUT2D eigenvalue weighted by Gasteiger charge is -2.13. The highest BCUT2D eigenvalue weighted by Gasteiger charge is 2.34. The summed E-state index contributed by atoms with van der Waals surface area (Å²) in [6, 6.07) is 0. The standard InChI is InChI=1S/C7H9F3N2S2/c1-12(2-3-13)5-4-11-6(14-5)7(8,9)10/h4,13H,2-3H2,1H3. The quantitative estimate of drug-likeness (QED) is 0.820.